The van der Waals surface area contributed by atoms with Gasteiger partial charge in [0.2, 0.25) is 0 Å². The van der Waals surface area contributed by atoms with Gasteiger partial charge in [-0.15, -0.1) is 0 Å². The topological polar surface area (TPSA) is 17.1 Å². The lowest BCUT2D eigenvalue weighted by atomic mass is 9.90. The predicted octanol–water partition coefficient (Wildman–Crippen LogP) is 3.92. The molecule has 1 rings (SSSR count). The molecule has 0 saturated heterocycles. The van der Waals surface area contributed by atoms with E-state index in [1.165, 1.54) is 12.1 Å². The van der Waals surface area contributed by atoms with Crippen LogP contribution >= 0.6 is 15.9 Å². The quantitative estimate of drug-likeness (QED) is 0.815. The minimum absolute atomic E-state index is 0.00282. The maximum Gasteiger partial charge on any atom is 0.142 e. The van der Waals surface area contributed by atoms with Gasteiger partial charge in [-0.25, -0.2) is 4.39 Å². The van der Waals surface area contributed by atoms with E-state index in [-0.39, 0.29) is 23.4 Å². The highest BCUT2D eigenvalue weighted by Crippen LogP contribution is 2.27. The molecule has 1 aromatic rings. The SMILES string of the molecule is CC(C)C(=O)C(C)c1ccc(F)cc1Br. The van der Waals surface area contributed by atoms with Crippen molar-refractivity contribution in [3.05, 3.63) is 34.1 Å². The van der Waals surface area contributed by atoms with Gasteiger partial charge in [-0.05, 0) is 17.7 Å². The Balaban J connectivity index is 3.01. The third-order valence-electron chi connectivity index (χ3n) is 2.42. The van der Waals surface area contributed by atoms with E-state index in [0.29, 0.717) is 4.47 Å². The van der Waals surface area contributed by atoms with E-state index in [1.54, 1.807) is 6.07 Å². The molecular weight excluding hydrogens is 259 g/mol. The van der Waals surface area contributed by atoms with Gasteiger partial charge in [-0.1, -0.05) is 42.8 Å². The lowest BCUT2D eigenvalue weighted by molar-refractivity contribution is -0.123. The molecule has 3 heteroatoms. The maximum atomic E-state index is 12.9. The molecule has 0 bridgehead atoms. The van der Waals surface area contributed by atoms with Gasteiger partial charge in [-0.3, -0.25) is 4.79 Å². The van der Waals surface area contributed by atoms with E-state index in [1.807, 2.05) is 20.8 Å². The first-order valence-corrected chi connectivity index (χ1v) is 5.71. The van der Waals surface area contributed by atoms with Gasteiger partial charge in [0.1, 0.15) is 11.6 Å². The van der Waals surface area contributed by atoms with Gasteiger partial charge >= 0.3 is 0 Å². The highest BCUT2D eigenvalue weighted by molar-refractivity contribution is 9.10. The van der Waals surface area contributed by atoms with Crippen molar-refractivity contribution in [1.82, 2.24) is 0 Å². The molecule has 0 aliphatic carbocycles. The minimum Gasteiger partial charge on any atom is -0.299 e. The Kier molecular flexibility index (Phi) is 4.03. The number of ketones is 1. The van der Waals surface area contributed by atoms with Crippen LogP contribution in [0.5, 0.6) is 0 Å². The predicted molar refractivity (Wildman–Crippen MR) is 62.4 cm³/mol. The van der Waals surface area contributed by atoms with E-state index in [9.17, 15) is 9.18 Å². The number of hydrogen-bond acceptors (Lipinski definition) is 1. The fourth-order valence-electron chi connectivity index (χ4n) is 1.51. The molecule has 0 saturated carbocycles. The second-order valence-corrected chi connectivity index (χ2v) is 4.80. The number of halogens is 2. The molecule has 1 nitrogen and oxygen atoms in total. The molecule has 0 aromatic heterocycles. The van der Waals surface area contributed by atoms with E-state index in [0.717, 1.165) is 5.56 Å². The van der Waals surface area contributed by atoms with Crippen LogP contribution in [0.3, 0.4) is 0 Å². The zero-order chi connectivity index (χ0) is 11.6. The van der Waals surface area contributed by atoms with Crippen LogP contribution in [0.2, 0.25) is 0 Å². The van der Waals surface area contributed by atoms with E-state index < -0.39 is 0 Å². The normalized spacial score (nSPS) is 12.9. The third-order valence-corrected chi connectivity index (χ3v) is 3.11. The van der Waals surface area contributed by atoms with Gasteiger partial charge < -0.3 is 0 Å². The van der Waals surface area contributed by atoms with Crippen LogP contribution in [0, 0.1) is 11.7 Å². The summed E-state index contributed by atoms with van der Waals surface area (Å²) in [5, 5.41) is 0. The molecule has 0 spiro atoms. The third kappa shape index (κ3) is 2.88. The number of benzene rings is 1. The molecule has 0 heterocycles. The van der Waals surface area contributed by atoms with Crippen molar-refractivity contribution in [2.75, 3.05) is 0 Å². The standard InChI is InChI=1S/C12H14BrFO/c1-7(2)12(15)8(3)10-5-4-9(14)6-11(10)13/h4-8H,1-3H3. The first kappa shape index (κ1) is 12.4. The first-order chi connectivity index (χ1) is 6.93. The van der Waals surface area contributed by atoms with Crippen molar-refractivity contribution in [1.29, 1.82) is 0 Å². The summed E-state index contributed by atoms with van der Waals surface area (Å²) >= 11 is 3.27. The zero-order valence-electron chi connectivity index (χ0n) is 9.05. The molecule has 0 aliphatic heterocycles. The van der Waals surface area contributed by atoms with Crippen LogP contribution in [0.25, 0.3) is 0 Å². The summed E-state index contributed by atoms with van der Waals surface area (Å²) < 4.78 is 13.5. The zero-order valence-corrected chi connectivity index (χ0v) is 10.6. The molecular formula is C12H14BrFO. The van der Waals surface area contributed by atoms with Gasteiger partial charge in [0.15, 0.2) is 0 Å². The number of rotatable bonds is 3. The molecule has 0 radical (unpaired) electrons. The Morgan fingerprint density at radius 2 is 1.93 bits per heavy atom. The van der Waals surface area contributed by atoms with Gasteiger partial charge in [-0.2, -0.15) is 0 Å². The molecule has 0 fully saturated rings. The van der Waals surface area contributed by atoms with Crippen LogP contribution < -0.4 is 0 Å². The van der Waals surface area contributed by atoms with Crippen molar-refractivity contribution in [2.24, 2.45) is 5.92 Å². The Labute approximate surface area is 97.8 Å². The summed E-state index contributed by atoms with van der Waals surface area (Å²) in [5.74, 6) is -0.325. The van der Waals surface area contributed by atoms with Crippen LogP contribution in [0.15, 0.2) is 22.7 Å². The number of carbonyl (C=O) groups excluding carboxylic acids is 1. The van der Waals surface area contributed by atoms with E-state index >= 15 is 0 Å². The average molecular weight is 273 g/mol. The second kappa shape index (κ2) is 4.88. The number of Topliss-reactive ketones (excluding diaryl/α,β-unsaturated/α-hetero) is 1. The molecule has 1 atom stereocenters. The monoisotopic (exact) mass is 272 g/mol. The van der Waals surface area contributed by atoms with Gasteiger partial charge in [0, 0.05) is 16.3 Å². The molecule has 1 aromatic carbocycles. The van der Waals surface area contributed by atoms with E-state index in [4.69, 9.17) is 0 Å². The molecule has 82 valence electrons. The summed E-state index contributed by atoms with van der Waals surface area (Å²) in [4.78, 5) is 11.8. The Bertz CT molecular complexity index is 374. The largest absolute Gasteiger partial charge is 0.299 e. The van der Waals surface area contributed by atoms with Crippen molar-refractivity contribution in [2.45, 2.75) is 26.7 Å². The maximum absolute atomic E-state index is 12.9. The number of carbonyl (C=O) groups is 1. The Morgan fingerprint density at radius 3 is 2.40 bits per heavy atom. The molecule has 0 aliphatic rings. The fourth-order valence-corrected chi connectivity index (χ4v) is 2.20. The fraction of sp³-hybridized carbons (Fsp3) is 0.417. The van der Waals surface area contributed by atoms with Crippen molar-refractivity contribution >= 4 is 21.7 Å². The molecule has 1 unspecified atom stereocenters. The summed E-state index contributed by atoms with van der Waals surface area (Å²) in [6.45, 7) is 5.59. The van der Waals surface area contributed by atoms with Crippen molar-refractivity contribution in [3.8, 4) is 0 Å². The van der Waals surface area contributed by atoms with Crippen molar-refractivity contribution in [3.63, 3.8) is 0 Å². The van der Waals surface area contributed by atoms with Crippen LogP contribution in [-0.2, 0) is 4.79 Å². The van der Waals surface area contributed by atoms with Crippen LogP contribution in [0.1, 0.15) is 32.3 Å². The second-order valence-electron chi connectivity index (χ2n) is 3.94. The molecule has 0 N–H and O–H groups in total. The average Bonchev–Trinajstić information content (AvgIpc) is 2.15. The van der Waals surface area contributed by atoms with E-state index in [2.05, 4.69) is 15.9 Å². The Morgan fingerprint density at radius 1 is 1.33 bits per heavy atom. The minimum atomic E-state index is -0.296. The summed E-state index contributed by atoms with van der Waals surface area (Å²) in [5.41, 5.74) is 0.843. The first-order valence-electron chi connectivity index (χ1n) is 4.92. The Hall–Kier alpha value is -0.700. The van der Waals surface area contributed by atoms with Crippen LogP contribution in [-0.4, -0.2) is 5.78 Å². The smallest absolute Gasteiger partial charge is 0.142 e. The van der Waals surface area contributed by atoms with Gasteiger partial charge in [0.05, 0.1) is 0 Å². The summed E-state index contributed by atoms with van der Waals surface area (Å²) in [6.07, 6.45) is 0. The molecule has 15 heavy (non-hydrogen) atoms. The molecule has 0 amide bonds. The highest BCUT2D eigenvalue weighted by Gasteiger charge is 2.20. The van der Waals surface area contributed by atoms with Crippen LogP contribution in [0.4, 0.5) is 4.39 Å². The lowest BCUT2D eigenvalue weighted by Gasteiger charge is -2.14. The van der Waals surface area contributed by atoms with Crippen molar-refractivity contribution < 1.29 is 9.18 Å². The summed E-state index contributed by atoms with van der Waals surface area (Å²) in [7, 11) is 0. The highest BCUT2D eigenvalue weighted by atomic mass is 79.9. The number of hydrogen-bond donors (Lipinski definition) is 0. The lowest BCUT2D eigenvalue weighted by Crippen LogP contribution is -2.15. The van der Waals surface area contributed by atoms with Gasteiger partial charge in [0.25, 0.3) is 0 Å². The summed E-state index contributed by atoms with van der Waals surface area (Å²) in [6, 6.07) is 4.42.